The molecule has 4 heterocycles. The second kappa shape index (κ2) is 12.6. The van der Waals surface area contributed by atoms with Crippen LogP contribution in [0.1, 0.15) is 0 Å². The average Bonchev–Trinajstić information content (AvgIpc) is 3.96. The Bertz CT molecular complexity index is 3530. The number of hydrogen-bond donors (Lipinski definition) is 0. The van der Waals surface area contributed by atoms with E-state index in [1.165, 1.54) is 53.1 Å². The molecule has 0 amide bonds. The lowest BCUT2D eigenvalue weighted by atomic mass is 9.97. The van der Waals surface area contributed by atoms with Crippen molar-refractivity contribution in [1.29, 1.82) is 0 Å². The molecule has 12 rings (SSSR count). The number of hydrogen-bond acceptors (Lipinski definition) is 5. The van der Waals surface area contributed by atoms with Crippen molar-refractivity contribution < 1.29 is 4.42 Å². The third-order valence-electron chi connectivity index (χ3n) is 11.1. The molecule has 0 unspecified atom stereocenters. The summed E-state index contributed by atoms with van der Waals surface area (Å²) in [6, 6.07) is 63.9. The highest BCUT2D eigenvalue weighted by molar-refractivity contribution is 7.26. The summed E-state index contributed by atoms with van der Waals surface area (Å²) in [6.07, 6.45) is 0. The molecule has 0 aliphatic heterocycles. The highest BCUT2D eigenvalue weighted by Crippen LogP contribution is 2.45. The van der Waals surface area contributed by atoms with E-state index in [1.54, 1.807) is 0 Å². The number of aromatic nitrogens is 4. The summed E-state index contributed by atoms with van der Waals surface area (Å²) in [5.74, 6) is 1.89. The van der Waals surface area contributed by atoms with Crippen molar-refractivity contribution in [3.05, 3.63) is 182 Å². The molecule has 0 saturated carbocycles. The molecule has 12 aromatic rings. The summed E-state index contributed by atoms with van der Waals surface area (Å²) in [4.78, 5) is 15.2. The summed E-state index contributed by atoms with van der Waals surface area (Å²) >= 11 is 1.83. The molecule has 0 bridgehead atoms. The molecule has 4 aromatic heterocycles. The zero-order chi connectivity index (χ0) is 37.5. The average molecular weight is 747 g/mol. The smallest absolute Gasteiger partial charge is 0.164 e. The molecule has 0 atom stereocenters. The molecule has 0 spiro atoms. The number of furan rings is 1. The molecular weight excluding hydrogens is 717 g/mol. The summed E-state index contributed by atoms with van der Waals surface area (Å²) in [7, 11) is 0. The Morgan fingerprint density at radius 3 is 1.86 bits per heavy atom. The van der Waals surface area contributed by atoms with E-state index in [0.29, 0.717) is 17.5 Å². The molecule has 57 heavy (non-hydrogen) atoms. The molecule has 0 saturated heterocycles. The number of nitrogens with zero attached hydrogens (tertiary/aromatic N) is 4. The van der Waals surface area contributed by atoms with Gasteiger partial charge in [-0.2, -0.15) is 0 Å². The monoisotopic (exact) mass is 746 g/mol. The summed E-state index contributed by atoms with van der Waals surface area (Å²) in [6.45, 7) is 0. The number of rotatable bonds is 5. The van der Waals surface area contributed by atoms with Gasteiger partial charge in [-0.3, -0.25) is 0 Å². The number of thiophene rings is 1. The van der Waals surface area contributed by atoms with Gasteiger partial charge in [0.2, 0.25) is 0 Å². The summed E-state index contributed by atoms with van der Waals surface area (Å²) in [5.41, 5.74) is 10.5. The first-order valence-electron chi connectivity index (χ1n) is 19.0. The van der Waals surface area contributed by atoms with E-state index in [9.17, 15) is 0 Å². The van der Waals surface area contributed by atoms with Gasteiger partial charge in [0.25, 0.3) is 0 Å². The van der Waals surface area contributed by atoms with Gasteiger partial charge in [-0.05, 0) is 60.2 Å². The number of benzene rings is 8. The largest absolute Gasteiger partial charge is 0.456 e. The van der Waals surface area contributed by atoms with Crippen molar-refractivity contribution in [3.8, 4) is 51.0 Å². The normalized spacial score (nSPS) is 11.9. The van der Waals surface area contributed by atoms with E-state index >= 15 is 0 Å². The van der Waals surface area contributed by atoms with E-state index in [-0.39, 0.29) is 0 Å². The molecule has 0 aliphatic carbocycles. The van der Waals surface area contributed by atoms with Crippen LogP contribution in [0.15, 0.2) is 186 Å². The Morgan fingerprint density at radius 1 is 0.404 bits per heavy atom. The van der Waals surface area contributed by atoms with Crippen LogP contribution in [-0.4, -0.2) is 19.5 Å². The van der Waals surface area contributed by atoms with Crippen LogP contribution in [0.2, 0.25) is 0 Å². The predicted octanol–water partition coefficient (Wildman–Crippen LogP) is 13.9. The lowest BCUT2D eigenvalue weighted by Gasteiger charge is -2.09. The van der Waals surface area contributed by atoms with Gasteiger partial charge in [-0.1, -0.05) is 127 Å². The Hall–Kier alpha value is -7.41. The van der Waals surface area contributed by atoms with Gasteiger partial charge < -0.3 is 8.98 Å². The van der Waals surface area contributed by atoms with E-state index in [1.807, 2.05) is 72.0 Å². The first kappa shape index (κ1) is 31.9. The van der Waals surface area contributed by atoms with Crippen molar-refractivity contribution in [1.82, 2.24) is 19.5 Å². The van der Waals surface area contributed by atoms with Gasteiger partial charge in [0.05, 0.1) is 11.0 Å². The zero-order valence-corrected chi connectivity index (χ0v) is 31.2. The van der Waals surface area contributed by atoms with Crippen molar-refractivity contribution >= 4 is 75.3 Å². The molecule has 0 radical (unpaired) electrons. The second-order valence-corrected chi connectivity index (χ2v) is 15.4. The van der Waals surface area contributed by atoms with Crippen LogP contribution >= 0.6 is 11.3 Å². The van der Waals surface area contributed by atoms with Crippen LogP contribution in [-0.2, 0) is 0 Å². The Kier molecular flexibility index (Phi) is 7.03. The summed E-state index contributed by atoms with van der Waals surface area (Å²) in [5, 5.41) is 7.07. The number of fused-ring (bicyclic) bond motifs is 9. The zero-order valence-electron chi connectivity index (χ0n) is 30.4. The Balaban J connectivity index is 1.03. The van der Waals surface area contributed by atoms with E-state index < -0.39 is 0 Å². The van der Waals surface area contributed by atoms with Crippen LogP contribution in [0.25, 0.3) is 115 Å². The predicted molar refractivity (Wildman–Crippen MR) is 236 cm³/mol. The third kappa shape index (κ3) is 5.04. The number of para-hydroxylation sites is 3. The Morgan fingerprint density at radius 2 is 1.02 bits per heavy atom. The van der Waals surface area contributed by atoms with Crippen molar-refractivity contribution in [3.63, 3.8) is 0 Å². The van der Waals surface area contributed by atoms with E-state index in [2.05, 4.69) is 126 Å². The molecular formula is C51H30N4OS. The minimum Gasteiger partial charge on any atom is -0.456 e. The molecule has 0 fully saturated rings. The maximum atomic E-state index is 6.14. The quantitative estimate of drug-likeness (QED) is 0.176. The highest BCUT2D eigenvalue weighted by Gasteiger charge is 2.20. The van der Waals surface area contributed by atoms with Gasteiger partial charge in [0.15, 0.2) is 17.5 Å². The molecule has 8 aromatic carbocycles. The van der Waals surface area contributed by atoms with Crippen molar-refractivity contribution in [2.24, 2.45) is 0 Å². The maximum absolute atomic E-state index is 6.14. The van der Waals surface area contributed by atoms with Gasteiger partial charge in [0.1, 0.15) is 11.2 Å². The fourth-order valence-electron chi connectivity index (χ4n) is 8.46. The standard InChI is InChI=1S/C51H30N4OS/c1-3-13-31(14-4-1)49-52-50(32-26-28-45-41(29-32)35-17-8-10-24-44(35)56-45)54-51(53-49)33-25-27-36-38-20-11-21-39(48(38)57-46(36)30-33)37-19-12-23-43-47(37)40-18-7-9-22-42(40)55(43)34-15-5-2-6-16-34/h1-30H. The fourth-order valence-corrected chi connectivity index (χ4v) is 9.73. The van der Waals surface area contributed by atoms with Crippen LogP contribution < -0.4 is 0 Å². The van der Waals surface area contributed by atoms with Gasteiger partial charge >= 0.3 is 0 Å². The molecule has 6 heteroatoms. The van der Waals surface area contributed by atoms with Crippen LogP contribution in [0, 0.1) is 0 Å². The Labute approximate surface area is 330 Å². The molecule has 5 nitrogen and oxygen atoms in total. The topological polar surface area (TPSA) is 56.7 Å². The maximum Gasteiger partial charge on any atom is 0.164 e. The van der Waals surface area contributed by atoms with Crippen LogP contribution in [0.4, 0.5) is 0 Å². The molecule has 0 N–H and O–H groups in total. The SMILES string of the molecule is c1ccc(-c2nc(-c3ccc4c(c3)sc3c(-c5cccc6c5c5ccccc5n6-c5ccccc5)cccc34)nc(-c3ccc4oc5ccccc5c4c3)n2)cc1. The minimum absolute atomic E-state index is 0.618. The second-order valence-electron chi connectivity index (χ2n) is 14.4. The van der Waals surface area contributed by atoms with Gasteiger partial charge in [-0.25, -0.2) is 15.0 Å². The fraction of sp³-hybridized carbons (Fsp3) is 0. The lowest BCUT2D eigenvalue weighted by molar-refractivity contribution is 0.669. The van der Waals surface area contributed by atoms with Crippen molar-refractivity contribution in [2.75, 3.05) is 0 Å². The lowest BCUT2D eigenvalue weighted by Crippen LogP contribution is -2.00. The molecule has 0 aliphatic rings. The van der Waals surface area contributed by atoms with E-state index in [4.69, 9.17) is 19.4 Å². The third-order valence-corrected chi connectivity index (χ3v) is 12.3. The minimum atomic E-state index is 0.618. The van der Waals surface area contributed by atoms with Gasteiger partial charge in [-0.15, -0.1) is 11.3 Å². The molecule has 266 valence electrons. The van der Waals surface area contributed by atoms with Crippen molar-refractivity contribution in [2.45, 2.75) is 0 Å². The first-order valence-corrected chi connectivity index (χ1v) is 19.8. The summed E-state index contributed by atoms with van der Waals surface area (Å²) < 4.78 is 11.0. The van der Waals surface area contributed by atoms with Crippen LogP contribution in [0.3, 0.4) is 0 Å². The highest BCUT2D eigenvalue weighted by atomic mass is 32.1. The van der Waals surface area contributed by atoms with Crippen LogP contribution in [0.5, 0.6) is 0 Å². The van der Waals surface area contributed by atoms with E-state index in [0.717, 1.165) is 44.3 Å². The first-order chi connectivity index (χ1) is 28.2. The van der Waals surface area contributed by atoms with Gasteiger partial charge in [0, 0.05) is 69.7 Å².